The predicted octanol–water partition coefficient (Wildman–Crippen LogP) is 3.15. The maximum Gasteiger partial charge on any atom is 0.506 e. The van der Waals surface area contributed by atoms with Crippen LogP contribution in [-0.4, -0.2) is 24.5 Å². The van der Waals surface area contributed by atoms with Crippen LogP contribution in [0.25, 0.3) is 0 Å². The molecule has 0 amide bonds. The van der Waals surface area contributed by atoms with E-state index >= 15 is 0 Å². The van der Waals surface area contributed by atoms with Crippen LogP contribution < -0.4 is 0 Å². The number of carboxylic acid groups (broad SMARTS) is 1. The van der Waals surface area contributed by atoms with Crippen LogP contribution in [0.2, 0.25) is 0 Å². The van der Waals surface area contributed by atoms with Gasteiger partial charge in [0.15, 0.2) is 0 Å². The maximum absolute atomic E-state index is 10.8. The highest BCUT2D eigenvalue weighted by atomic mass is 79.9. The van der Waals surface area contributed by atoms with Gasteiger partial charge in [-0.3, -0.25) is 0 Å². The zero-order valence-corrected chi connectivity index (χ0v) is 10.8. The lowest BCUT2D eigenvalue weighted by Crippen LogP contribution is -2.38. The molecule has 0 aliphatic carbocycles. The Kier molecular flexibility index (Phi) is 3.69. The van der Waals surface area contributed by atoms with Crippen molar-refractivity contribution in [2.75, 3.05) is 13.2 Å². The smallest absolute Gasteiger partial charge is 0.450 e. The summed E-state index contributed by atoms with van der Waals surface area (Å²) in [7, 11) is 0. The van der Waals surface area contributed by atoms with Gasteiger partial charge in [0.05, 0.1) is 13.2 Å². The fourth-order valence-electron chi connectivity index (χ4n) is 2.07. The summed E-state index contributed by atoms with van der Waals surface area (Å²) in [5, 5.41) is 8.87. The van der Waals surface area contributed by atoms with Crippen LogP contribution in [0, 0.1) is 0 Å². The minimum Gasteiger partial charge on any atom is -0.450 e. The highest BCUT2D eigenvalue weighted by Crippen LogP contribution is 2.36. The summed E-state index contributed by atoms with van der Waals surface area (Å²) in [6.45, 7) is 1.03. The molecule has 0 unspecified atom stereocenters. The van der Waals surface area contributed by atoms with E-state index in [4.69, 9.17) is 14.6 Å². The van der Waals surface area contributed by atoms with E-state index in [2.05, 4.69) is 15.9 Å². The summed E-state index contributed by atoms with van der Waals surface area (Å²) in [5.41, 5.74) is 0.122. The van der Waals surface area contributed by atoms with E-state index in [9.17, 15) is 4.79 Å². The van der Waals surface area contributed by atoms with E-state index in [1.165, 1.54) is 0 Å². The van der Waals surface area contributed by atoms with E-state index in [0.29, 0.717) is 26.1 Å². The van der Waals surface area contributed by atoms with Crippen LogP contribution in [0.3, 0.4) is 0 Å². The molecule has 0 bridgehead atoms. The van der Waals surface area contributed by atoms with Crippen LogP contribution in [0.15, 0.2) is 28.7 Å². The van der Waals surface area contributed by atoms with Gasteiger partial charge in [-0.2, -0.15) is 0 Å². The van der Waals surface area contributed by atoms with Crippen LogP contribution in [0.5, 0.6) is 0 Å². The molecule has 1 heterocycles. The van der Waals surface area contributed by atoms with E-state index in [1.807, 2.05) is 24.3 Å². The molecule has 1 saturated heterocycles. The Balaban J connectivity index is 2.31. The van der Waals surface area contributed by atoms with Gasteiger partial charge < -0.3 is 14.6 Å². The quantitative estimate of drug-likeness (QED) is 0.853. The number of hydrogen-bond acceptors (Lipinski definition) is 3. The van der Waals surface area contributed by atoms with Crippen LogP contribution >= 0.6 is 15.9 Å². The molecule has 92 valence electrons. The number of hydrogen-bond donors (Lipinski definition) is 1. The van der Waals surface area contributed by atoms with Crippen molar-refractivity contribution in [2.45, 2.75) is 18.4 Å². The summed E-state index contributed by atoms with van der Waals surface area (Å²) in [5.74, 6) is 0. The van der Waals surface area contributed by atoms with Gasteiger partial charge >= 0.3 is 6.16 Å². The van der Waals surface area contributed by atoms with Gasteiger partial charge in [0.1, 0.15) is 5.60 Å². The molecule has 4 nitrogen and oxygen atoms in total. The molecular formula is C12H13BrO4. The molecule has 1 N–H and O–H groups in total. The largest absolute Gasteiger partial charge is 0.506 e. The molecule has 5 heteroatoms. The minimum atomic E-state index is -1.24. The van der Waals surface area contributed by atoms with Gasteiger partial charge in [-0.05, 0) is 17.7 Å². The SMILES string of the molecule is O=C(O)OC1(c2ccc(Br)cc2)CCOCC1. The van der Waals surface area contributed by atoms with Gasteiger partial charge in [-0.1, -0.05) is 28.1 Å². The Hall–Kier alpha value is -1.07. The zero-order valence-electron chi connectivity index (χ0n) is 9.19. The number of halogens is 1. The standard InChI is InChI=1S/C12H13BrO4/c13-10-3-1-9(2-4-10)12(17-11(14)15)5-7-16-8-6-12/h1-4H,5-8H2,(H,14,15). The summed E-state index contributed by atoms with van der Waals surface area (Å²) in [4.78, 5) is 10.8. The Morgan fingerprint density at radius 1 is 1.29 bits per heavy atom. The monoisotopic (exact) mass is 300 g/mol. The van der Waals surface area contributed by atoms with Crippen molar-refractivity contribution in [1.82, 2.24) is 0 Å². The van der Waals surface area contributed by atoms with Crippen molar-refractivity contribution in [3.8, 4) is 0 Å². The first-order valence-electron chi connectivity index (χ1n) is 5.38. The van der Waals surface area contributed by atoms with Crippen molar-refractivity contribution in [3.05, 3.63) is 34.3 Å². The van der Waals surface area contributed by atoms with Gasteiger partial charge in [0.25, 0.3) is 0 Å². The topological polar surface area (TPSA) is 55.8 Å². The lowest BCUT2D eigenvalue weighted by atomic mass is 9.86. The molecule has 0 atom stereocenters. The lowest BCUT2D eigenvalue weighted by molar-refractivity contribution is -0.0898. The molecule has 1 aromatic carbocycles. The van der Waals surface area contributed by atoms with Crippen molar-refractivity contribution < 1.29 is 19.4 Å². The van der Waals surface area contributed by atoms with Crippen LogP contribution in [-0.2, 0) is 15.1 Å². The van der Waals surface area contributed by atoms with Crippen molar-refractivity contribution in [1.29, 1.82) is 0 Å². The molecule has 2 rings (SSSR count). The number of benzene rings is 1. The summed E-state index contributed by atoms with van der Waals surface area (Å²) in [6, 6.07) is 7.55. The Labute approximate surface area is 108 Å². The van der Waals surface area contributed by atoms with Crippen LogP contribution in [0.1, 0.15) is 18.4 Å². The third-order valence-corrected chi connectivity index (χ3v) is 3.48. The Morgan fingerprint density at radius 2 is 1.88 bits per heavy atom. The van der Waals surface area contributed by atoms with E-state index in [1.54, 1.807) is 0 Å². The Bertz CT molecular complexity index is 395. The Morgan fingerprint density at radius 3 is 2.41 bits per heavy atom. The molecule has 0 aromatic heterocycles. The van der Waals surface area contributed by atoms with E-state index < -0.39 is 11.8 Å². The second-order valence-electron chi connectivity index (χ2n) is 3.98. The first kappa shape index (κ1) is 12.4. The average Bonchev–Trinajstić information content (AvgIpc) is 2.30. The fraction of sp³-hybridized carbons (Fsp3) is 0.417. The van der Waals surface area contributed by atoms with Crippen molar-refractivity contribution >= 4 is 22.1 Å². The van der Waals surface area contributed by atoms with Gasteiger partial charge in [0.2, 0.25) is 0 Å². The lowest BCUT2D eigenvalue weighted by Gasteiger charge is -2.35. The number of rotatable bonds is 2. The molecule has 0 saturated carbocycles. The molecule has 1 fully saturated rings. The zero-order chi connectivity index (χ0) is 12.3. The second-order valence-corrected chi connectivity index (χ2v) is 4.90. The molecule has 17 heavy (non-hydrogen) atoms. The summed E-state index contributed by atoms with van der Waals surface area (Å²) >= 11 is 3.36. The van der Waals surface area contributed by atoms with E-state index in [-0.39, 0.29) is 0 Å². The normalized spacial score (nSPS) is 18.6. The predicted molar refractivity (Wildman–Crippen MR) is 65.0 cm³/mol. The van der Waals surface area contributed by atoms with Crippen molar-refractivity contribution in [2.24, 2.45) is 0 Å². The molecule has 0 spiro atoms. The third kappa shape index (κ3) is 2.79. The fourth-order valence-corrected chi connectivity index (χ4v) is 2.34. The summed E-state index contributed by atoms with van der Waals surface area (Å²) < 4.78 is 11.4. The average molecular weight is 301 g/mol. The highest BCUT2D eigenvalue weighted by molar-refractivity contribution is 9.10. The van der Waals surface area contributed by atoms with Gasteiger partial charge in [-0.25, -0.2) is 4.79 Å². The number of carbonyl (C=O) groups is 1. The van der Waals surface area contributed by atoms with Gasteiger partial charge in [0, 0.05) is 17.3 Å². The number of ether oxygens (including phenoxy) is 2. The van der Waals surface area contributed by atoms with Gasteiger partial charge in [-0.15, -0.1) is 0 Å². The third-order valence-electron chi connectivity index (χ3n) is 2.95. The molecule has 1 aliphatic rings. The minimum absolute atomic E-state index is 0.517. The van der Waals surface area contributed by atoms with Crippen LogP contribution in [0.4, 0.5) is 4.79 Å². The molecule has 1 aromatic rings. The van der Waals surface area contributed by atoms with E-state index in [0.717, 1.165) is 10.0 Å². The molecular weight excluding hydrogens is 288 g/mol. The molecule has 1 aliphatic heterocycles. The highest BCUT2D eigenvalue weighted by Gasteiger charge is 2.38. The first-order valence-corrected chi connectivity index (χ1v) is 6.17. The maximum atomic E-state index is 10.8. The molecule has 0 radical (unpaired) electrons. The van der Waals surface area contributed by atoms with Crippen molar-refractivity contribution in [3.63, 3.8) is 0 Å². The summed E-state index contributed by atoms with van der Waals surface area (Å²) in [6.07, 6.45) is -0.128. The second kappa shape index (κ2) is 5.06. The first-order chi connectivity index (χ1) is 8.12.